The lowest BCUT2D eigenvalue weighted by molar-refractivity contribution is 0.0180. The van der Waals surface area contributed by atoms with E-state index in [1.165, 1.54) is 12.1 Å². The highest BCUT2D eigenvalue weighted by Gasteiger charge is 2.39. The number of fused-ring (bicyclic) bond motifs is 3. The van der Waals surface area contributed by atoms with Gasteiger partial charge in [0, 0.05) is 66.5 Å². The first-order chi connectivity index (χ1) is 16.9. The molecule has 8 heteroatoms. The number of nitrogens with zero attached hydrogens (tertiary/aromatic N) is 2. The van der Waals surface area contributed by atoms with Gasteiger partial charge in [-0.2, -0.15) is 0 Å². The zero-order valence-corrected chi connectivity index (χ0v) is 20.1. The van der Waals surface area contributed by atoms with Gasteiger partial charge in [-0.1, -0.05) is 18.2 Å². The average molecular weight is 488 g/mol. The number of rotatable bonds is 8. The van der Waals surface area contributed by atoms with Gasteiger partial charge in [0.15, 0.2) is 0 Å². The number of aliphatic hydroxyl groups is 1. The predicted molar refractivity (Wildman–Crippen MR) is 130 cm³/mol. The Morgan fingerprint density at radius 2 is 1.89 bits per heavy atom. The Balaban J connectivity index is 1.48. The second-order valence-corrected chi connectivity index (χ2v) is 9.91. The number of halogens is 3. The summed E-state index contributed by atoms with van der Waals surface area (Å²) in [4.78, 5) is 7.44. The number of benzene rings is 2. The minimum Gasteiger partial charge on any atom is -0.488 e. The van der Waals surface area contributed by atoms with Crippen molar-refractivity contribution < 1.29 is 23.0 Å². The molecule has 0 spiro atoms. The summed E-state index contributed by atoms with van der Waals surface area (Å²) in [6.45, 7) is 5.53. The van der Waals surface area contributed by atoms with Gasteiger partial charge in [-0.25, -0.2) is 8.78 Å². The molecule has 0 bridgehead atoms. The Labute approximate surface area is 203 Å². The van der Waals surface area contributed by atoms with E-state index in [9.17, 15) is 9.50 Å². The number of ether oxygens (including phenoxy) is 1. The van der Waals surface area contributed by atoms with Crippen molar-refractivity contribution in [3.05, 3.63) is 64.9 Å². The van der Waals surface area contributed by atoms with E-state index in [1.807, 2.05) is 36.1 Å². The number of H-pyrrole nitrogens is 1. The summed E-state index contributed by atoms with van der Waals surface area (Å²) in [5.41, 5.74) is 2.70. The summed E-state index contributed by atoms with van der Waals surface area (Å²) in [5, 5.41) is 11.2. The van der Waals surface area contributed by atoms with E-state index in [1.54, 1.807) is 6.92 Å². The Morgan fingerprint density at radius 3 is 2.57 bits per heavy atom. The molecule has 1 saturated heterocycles. The van der Waals surface area contributed by atoms with Crippen LogP contribution in [0, 0.1) is 11.6 Å². The van der Waals surface area contributed by atoms with E-state index in [4.69, 9.17) is 4.74 Å². The molecule has 3 heterocycles. The van der Waals surface area contributed by atoms with Crippen molar-refractivity contribution in [1.29, 1.82) is 0 Å². The summed E-state index contributed by atoms with van der Waals surface area (Å²) in [6.07, 6.45) is 0.371. The lowest BCUT2D eigenvalue weighted by Crippen LogP contribution is -2.53. The summed E-state index contributed by atoms with van der Waals surface area (Å²) < 4.78 is 49.4. The van der Waals surface area contributed by atoms with E-state index in [0.29, 0.717) is 32.5 Å². The van der Waals surface area contributed by atoms with Crippen LogP contribution in [-0.2, 0) is 6.42 Å². The van der Waals surface area contributed by atoms with Gasteiger partial charge < -0.3 is 14.8 Å². The number of aliphatic hydroxyl groups excluding tert-OH is 1. The van der Waals surface area contributed by atoms with Gasteiger partial charge in [0.05, 0.1) is 18.8 Å². The fourth-order valence-electron chi connectivity index (χ4n) is 5.55. The highest BCUT2D eigenvalue weighted by atomic mass is 19.1. The molecule has 5 nitrogen and oxygen atoms in total. The van der Waals surface area contributed by atoms with E-state index in [0.717, 1.165) is 22.2 Å². The highest BCUT2D eigenvalue weighted by molar-refractivity contribution is 5.85. The maximum Gasteiger partial charge on any atom is 0.135 e. The first kappa shape index (κ1) is 24.2. The van der Waals surface area contributed by atoms with E-state index in [2.05, 4.69) is 9.88 Å². The SMILES string of the molecule is C[C@H](O)CN1[C@H](c2c(F)cc(OC3CN(CCCF)C3)cc2F)c2[nH]c3ccccc3c2C[C@H]1C. The smallest absolute Gasteiger partial charge is 0.135 e. The molecule has 3 aromatic rings. The molecular formula is C27H32F3N3O2. The summed E-state index contributed by atoms with van der Waals surface area (Å²) in [5.74, 6) is -1.19. The lowest BCUT2D eigenvalue weighted by atomic mass is 9.88. The van der Waals surface area contributed by atoms with Crippen LogP contribution in [0.25, 0.3) is 10.9 Å². The van der Waals surface area contributed by atoms with Gasteiger partial charge in [0.25, 0.3) is 0 Å². The zero-order chi connectivity index (χ0) is 24.7. The maximum absolute atomic E-state index is 15.6. The summed E-state index contributed by atoms with van der Waals surface area (Å²) >= 11 is 0. The van der Waals surface area contributed by atoms with E-state index >= 15 is 8.78 Å². The number of hydrogen-bond donors (Lipinski definition) is 2. The summed E-state index contributed by atoms with van der Waals surface area (Å²) in [7, 11) is 0. The Bertz CT molecular complexity index is 1170. The third kappa shape index (κ3) is 4.67. The van der Waals surface area contributed by atoms with Crippen LogP contribution < -0.4 is 4.74 Å². The molecule has 2 N–H and O–H groups in total. The normalized spacial score (nSPS) is 22.2. The lowest BCUT2D eigenvalue weighted by Gasteiger charge is -2.42. The number of aromatic nitrogens is 1. The molecule has 0 aliphatic carbocycles. The van der Waals surface area contributed by atoms with E-state index in [-0.39, 0.29) is 36.7 Å². The van der Waals surface area contributed by atoms with Crippen molar-refractivity contribution in [3.63, 3.8) is 0 Å². The molecule has 0 unspecified atom stereocenters. The second-order valence-electron chi connectivity index (χ2n) is 9.91. The van der Waals surface area contributed by atoms with Crippen molar-refractivity contribution >= 4 is 10.9 Å². The number of aromatic amines is 1. The topological polar surface area (TPSA) is 51.7 Å². The van der Waals surface area contributed by atoms with Gasteiger partial charge in [-0.3, -0.25) is 14.2 Å². The monoisotopic (exact) mass is 487 g/mol. The first-order valence-electron chi connectivity index (χ1n) is 12.3. The first-order valence-corrected chi connectivity index (χ1v) is 12.3. The predicted octanol–water partition coefficient (Wildman–Crippen LogP) is 4.59. The van der Waals surface area contributed by atoms with Crippen LogP contribution in [0.5, 0.6) is 5.75 Å². The maximum atomic E-state index is 15.6. The van der Waals surface area contributed by atoms with Gasteiger partial charge >= 0.3 is 0 Å². The summed E-state index contributed by atoms with van der Waals surface area (Å²) in [6, 6.07) is 9.67. The van der Waals surface area contributed by atoms with Crippen LogP contribution in [-0.4, -0.2) is 71.0 Å². The Hall–Kier alpha value is -2.55. The van der Waals surface area contributed by atoms with Gasteiger partial charge in [-0.15, -0.1) is 0 Å². The molecule has 0 saturated carbocycles. The number of likely N-dealkylation sites (tertiary alicyclic amines) is 1. The average Bonchev–Trinajstić information content (AvgIpc) is 3.14. The highest BCUT2D eigenvalue weighted by Crippen LogP contribution is 2.43. The third-order valence-corrected chi connectivity index (χ3v) is 7.15. The number of alkyl halides is 1. The number of nitrogens with one attached hydrogen (secondary N) is 1. The fourth-order valence-corrected chi connectivity index (χ4v) is 5.55. The van der Waals surface area contributed by atoms with E-state index < -0.39 is 23.8 Å². The van der Waals surface area contributed by atoms with Crippen LogP contribution in [0.4, 0.5) is 13.2 Å². The molecule has 2 aromatic carbocycles. The number of para-hydroxylation sites is 1. The molecular weight excluding hydrogens is 455 g/mol. The fraction of sp³-hybridized carbons (Fsp3) is 0.481. The van der Waals surface area contributed by atoms with Crippen LogP contribution >= 0.6 is 0 Å². The molecule has 2 aliphatic heterocycles. The quantitative estimate of drug-likeness (QED) is 0.488. The molecule has 2 aliphatic rings. The third-order valence-electron chi connectivity index (χ3n) is 7.15. The molecule has 5 rings (SSSR count). The number of β-amino-alcohol motifs (C(OH)–C–C–N with tert-alkyl or cyclic N) is 1. The molecule has 0 amide bonds. The second kappa shape index (κ2) is 9.84. The van der Waals surface area contributed by atoms with Crippen LogP contribution in [0.2, 0.25) is 0 Å². The standard InChI is InChI=1S/C27H32F3N3O2/c1-16-10-21-20-6-3-4-7-24(20)31-26(21)27(33(16)13-17(2)34)25-22(29)11-18(12-23(25)30)35-19-14-32(15-19)9-5-8-28/h3-4,6-7,11-12,16-17,19,27,31,34H,5,8-10,13-15H2,1-2H3/t16-,17+,27-/m1/s1. The van der Waals surface area contributed by atoms with Crippen molar-refractivity contribution in [1.82, 2.24) is 14.8 Å². The Kier molecular flexibility index (Phi) is 6.79. The molecule has 3 atom stereocenters. The van der Waals surface area contributed by atoms with Crippen LogP contribution in [0.15, 0.2) is 36.4 Å². The van der Waals surface area contributed by atoms with Crippen molar-refractivity contribution in [3.8, 4) is 5.75 Å². The molecule has 0 radical (unpaired) electrons. The Morgan fingerprint density at radius 1 is 1.17 bits per heavy atom. The van der Waals surface area contributed by atoms with Crippen LogP contribution in [0.3, 0.4) is 0 Å². The molecule has 188 valence electrons. The molecule has 1 fully saturated rings. The van der Waals surface area contributed by atoms with Crippen LogP contribution in [0.1, 0.15) is 43.1 Å². The molecule has 1 aromatic heterocycles. The van der Waals surface area contributed by atoms with Crippen molar-refractivity contribution in [2.75, 3.05) is 32.9 Å². The van der Waals surface area contributed by atoms with Gasteiger partial charge in [0.1, 0.15) is 23.5 Å². The van der Waals surface area contributed by atoms with Crippen molar-refractivity contribution in [2.45, 2.75) is 51.0 Å². The number of hydrogen-bond acceptors (Lipinski definition) is 4. The minimum absolute atomic E-state index is 0.0266. The zero-order valence-electron chi connectivity index (χ0n) is 20.1. The van der Waals surface area contributed by atoms with Gasteiger partial charge in [-0.05, 0) is 38.3 Å². The van der Waals surface area contributed by atoms with Gasteiger partial charge in [0.2, 0.25) is 0 Å². The molecule has 35 heavy (non-hydrogen) atoms. The largest absolute Gasteiger partial charge is 0.488 e. The van der Waals surface area contributed by atoms with Crippen molar-refractivity contribution in [2.24, 2.45) is 0 Å². The minimum atomic E-state index is -0.704.